The molecule has 2 aromatic carbocycles. The summed E-state index contributed by atoms with van der Waals surface area (Å²) in [4.78, 5) is 6.43. The molecule has 0 unspecified atom stereocenters. The number of halogens is 1. The van der Waals surface area contributed by atoms with Crippen molar-refractivity contribution in [3.05, 3.63) is 77.9 Å². The molecule has 2 nitrogen and oxygen atoms in total. The molecular formula is C19H15FN2. The van der Waals surface area contributed by atoms with Gasteiger partial charge in [0, 0.05) is 40.6 Å². The van der Waals surface area contributed by atoms with E-state index in [4.69, 9.17) is 0 Å². The fraction of sp³-hybridized carbons (Fsp3) is 0.0526. The van der Waals surface area contributed by atoms with Gasteiger partial charge in [0.15, 0.2) is 0 Å². The second-order valence-corrected chi connectivity index (χ2v) is 5.44. The van der Waals surface area contributed by atoms with Gasteiger partial charge in [0.05, 0.1) is 0 Å². The van der Waals surface area contributed by atoms with Crippen LogP contribution in [0, 0.1) is 5.82 Å². The van der Waals surface area contributed by atoms with E-state index in [0.717, 1.165) is 33.1 Å². The van der Waals surface area contributed by atoms with E-state index in [1.54, 1.807) is 6.07 Å². The van der Waals surface area contributed by atoms with Crippen LogP contribution in [-0.2, 0) is 6.42 Å². The van der Waals surface area contributed by atoms with Gasteiger partial charge in [-0.2, -0.15) is 0 Å². The van der Waals surface area contributed by atoms with E-state index >= 15 is 0 Å². The van der Waals surface area contributed by atoms with E-state index in [1.165, 1.54) is 6.07 Å². The van der Waals surface area contributed by atoms with Crippen molar-refractivity contribution in [3.63, 3.8) is 0 Å². The summed E-state index contributed by atoms with van der Waals surface area (Å²) in [5, 5.41) is 1.83. The van der Waals surface area contributed by atoms with E-state index in [9.17, 15) is 4.39 Å². The number of aromatic amines is 2. The van der Waals surface area contributed by atoms with Crippen molar-refractivity contribution in [1.82, 2.24) is 9.97 Å². The summed E-state index contributed by atoms with van der Waals surface area (Å²) in [7, 11) is 0. The third-order valence-electron chi connectivity index (χ3n) is 4.16. The van der Waals surface area contributed by atoms with Crippen LogP contribution in [0.15, 0.2) is 55.4 Å². The molecule has 0 saturated carbocycles. The van der Waals surface area contributed by atoms with E-state index in [2.05, 4.69) is 16.5 Å². The number of nitrogens with one attached hydrogen (secondary N) is 2. The minimum absolute atomic E-state index is 0.183. The lowest BCUT2D eigenvalue weighted by Gasteiger charge is -2.03. The normalized spacial score (nSPS) is 11.3. The topological polar surface area (TPSA) is 31.6 Å². The third-order valence-corrected chi connectivity index (χ3v) is 4.16. The molecule has 0 fully saturated rings. The molecule has 0 saturated heterocycles. The van der Waals surface area contributed by atoms with E-state index in [-0.39, 0.29) is 5.82 Å². The van der Waals surface area contributed by atoms with Gasteiger partial charge in [0.2, 0.25) is 0 Å². The molecule has 0 aliphatic rings. The van der Waals surface area contributed by atoms with Crippen molar-refractivity contribution in [2.24, 2.45) is 0 Å². The van der Waals surface area contributed by atoms with Crippen LogP contribution >= 0.6 is 0 Å². The Labute approximate surface area is 127 Å². The van der Waals surface area contributed by atoms with Crippen molar-refractivity contribution < 1.29 is 4.39 Å². The molecule has 2 heterocycles. The van der Waals surface area contributed by atoms with E-state index in [1.807, 2.05) is 42.7 Å². The van der Waals surface area contributed by atoms with Crippen molar-refractivity contribution in [3.8, 4) is 0 Å². The Balaban J connectivity index is 1.88. The smallest absolute Gasteiger partial charge is 0.132 e. The molecule has 0 aliphatic heterocycles. The minimum Gasteiger partial charge on any atom is -0.361 e. The zero-order valence-corrected chi connectivity index (χ0v) is 12.0. The summed E-state index contributed by atoms with van der Waals surface area (Å²) in [6.45, 7) is 3.88. The van der Waals surface area contributed by atoms with Gasteiger partial charge in [0.25, 0.3) is 0 Å². The van der Waals surface area contributed by atoms with Crippen LogP contribution in [0.1, 0.15) is 16.7 Å². The van der Waals surface area contributed by atoms with Gasteiger partial charge in [-0.3, -0.25) is 0 Å². The molecule has 0 bridgehead atoms. The molecule has 0 spiro atoms. The van der Waals surface area contributed by atoms with Crippen molar-refractivity contribution in [2.45, 2.75) is 6.42 Å². The van der Waals surface area contributed by atoms with Crippen LogP contribution in [0.5, 0.6) is 0 Å². The number of aromatic nitrogens is 2. The Hall–Kier alpha value is -2.81. The number of H-pyrrole nitrogens is 2. The van der Waals surface area contributed by atoms with Crippen LogP contribution in [0.3, 0.4) is 0 Å². The van der Waals surface area contributed by atoms with Gasteiger partial charge in [-0.15, -0.1) is 0 Å². The van der Waals surface area contributed by atoms with Gasteiger partial charge in [-0.05, 0) is 34.9 Å². The van der Waals surface area contributed by atoms with E-state index < -0.39 is 0 Å². The van der Waals surface area contributed by atoms with Gasteiger partial charge in [-0.25, -0.2) is 4.39 Å². The average Bonchev–Trinajstić information content (AvgIpc) is 3.13. The van der Waals surface area contributed by atoms with E-state index in [0.29, 0.717) is 11.8 Å². The van der Waals surface area contributed by atoms with Crippen molar-refractivity contribution in [2.75, 3.05) is 0 Å². The van der Waals surface area contributed by atoms with Crippen molar-refractivity contribution in [1.29, 1.82) is 0 Å². The first-order chi connectivity index (χ1) is 10.8. The Bertz CT molecular complexity index is 991. The molecule has 0 atom stereocenters. The molecular weight excluding hydrogens is 275 g/mol. The molecule has 108 valence electrons. The molecule has 0 amide bonds. The van der Waals surface area contributed by atoms with Crippen LogP contribution in [0.25, 0.3) is 27.9 Å². The predicted octanol–water partition coefficient (Wildman–Crippen LogP) is 5.02. The number of hydrogen-bond donors (Lipinski definition) is 2. The molecule has 4 aromatic rings. The molecule has 22 heavy (non-hydrogen) atoms. The first kappa shape index (κ1) is 12.9. The Morgan fingerprint density at radius 2 is 1.55 bits per heavy atom. The Morgan fingerprint density at radius 3 is 2.27 bits per heavy atom. The zero-order chi connectivity index (χ0) is 15.1. The van der Waals surface area contributed by atoms with Crippen LogP contribution in [-0.4, -0.2) is 9.97 Å². The number of hydrogen-bond acceptors (Lipinski definition) is 0. The first-order valence-electron chi connectivity index (χ1n) is 7.24. The zero-order valence-electron chi connectivity index (χ0n) is 12.0. The molecule has 3 heteroatoms. The fourth-order valence-electron chi connectivity index (χ4n) is 3.15. The van der Waals surface area contributed by atoms with Gasteiger partial charge >= 0.3 is 0 Å². The summed E-state index contributed by atoms with van der Waals surface area (Å²) < 4.78 is 14.1. The second kappa shape index (κ2) is 4.88. The maximum atomic E-state index is 14.1. The molecule has 0 aliphatic carbocycles. The highest BCUT2D eigenvalue weighted by Crippen LogP contribution is 2.29. The maximum Gasteiger partial charge on any atom is 0.132 e. The molecule has 2 N–H and O–H groups in total. The standard InChI is InChI=1S/C19H15FN2/c1-2-12-5-3-7-16-18(12)13(10-21-16)9-14-11-22-17-8-4-6-15(20)19(14)17/h2-8,10-11,21-22H,1,9H2. The van der Waals surface area contributed by atoms with Crippen molar-refractivity contribution >= 4 is 27.9 Å². The Kier molecular flexibility index (Phi) is 2.86. The van der Waals surface area contributed by atoms with Gasteiger partial charge in [0.1, 0.15) is 5.82 Å². The molecule has 0 radical (unpaired) electrons. The fourth-order valence-corrected chi connectivity index (χ4v) is 3.15. The number of benzene rings is 2. The summed E-state index contributed by atoms with van der Waals surface area (Å²) >= 11 is 0. The monoisotopic (exact) mass is 290 g/mol. The lowest BCUT2D eigenvalue weighted by Crippen LogP contribution is -1.88. The quantitative estimate of drug-likeness (QED) is 0.531. The lowest BCUT2D eigenvalue weighted by atomic mass is 10.00. The predicted molar refractivity (Wildman–Crippen MR) is 89.5 cm³/mol. The number of rotatable bonds is 3. The van der Waals surface area contributed by atoms with Crippen LogP contribution in [0.4, 0.5) is 4.39 Å². The molecule has 4 rings (SSSR count). The van der Waals surface area contributed by atoms with Gasteiger partial charge in [-0.1, -0.05) is 30.9 Å². The molecule has 2 aromatic heterocycles. The van der Waals surface area contributed by atoms with Crippen LogP contribution < -0.4 is 0 Å². The first-order valence-corrected chi connectivity index (χ1v) is 7.24. The highest BCUT2D eigenvalue weighted by Gasteiger charge is 2.12. The second-order valence-electron chi connectivity index (χ2n) is 5.44. The highest BCUT2D eigenvalue weighted by molar-refractivity contribution is 5.92. The van der Waals surface area contributed by atoms with Crippen LogP contribution in [0.2, 0.25) is 0 Å². The summed E-state index contributed by atoms with van der Waals surface area (Å²) in [5.41, 5.74) is 5.11. The maximum absolute atomic E-state index is 14.1. The Morgan fingerprint density at radius 1 is 0.909 bits per heavy atom. The largest absolute Gasteiger partial charge is 0.361 e. The highest BCUT2D eigenvalue weighted by atomic mass is 19.1. The minimum atomic E-state index is -0.183. The lowest BCUT2D eigenvalue weighted by molar-refractivity contribution is 0.639. The third kappa shape index (κ3) is 1.86. The number of fused-ring (bicyclic) bond motifs is 2. The summed E-state index contributed by atoms with van der Waals surface area (Å²) in [5.74, 6) is -0.183. The average molecular weight is 290 g/mol. The van der Waals surface area contributed by atoms with Gasteiger partial charge < -0.3 is 9.97 Å². The summed E-state index contributed by atoms with van der Waals surface area (Å²) in [6.07, 6.45) is 6.42. The summed E-state index contributed by atoms with van der Waals surface area (Å²) in [6, 6.07) is 11.2. The SMILES string of the molecule is C=Cc1cccc2[nH]cc(Cc3c[nH]c4cccc(F)c34)c12.